The highest BCUT2D eigenvalue weighted by molar-refractivity contribution is 5.85. The molecule has 0 unspecified atom stereocenters. The molecule has 1 aromatic heterocycles. The molecule has 1 N–H and O–H groups in total. The van der Waals surface area contributed by atoms with Gasteiger partial charge >= 0.3 is 11.6 Å². The minimum Gasteiger partial charge on any atom is -0.508 e. The van der Waals surface area contributed by atoms with Crippen LogP contribution in [0.5, 0.6) is 17.2 Å². The number of aromatic hydroxyl groups is 1. The Kier molecular flexibility index (Phi) is 4.65. The molecule has 0 atom stereocenters. The summed E-state index contributed by atoms with van der Waals surface area (Å²) in [5, 5.41) is 10.4. The van der Waals surface area contributed by atoms with Crippen molar-refractivity contribution in [1.29, 1.82) is 0 Å². The number of hydrogen-bond acceptors (Lipinski definition) is 7. The number of fused-ring (bicyclic) bond motifs is 2. The van der Waals surface area contributed by atoms with Gasteiger partial charge in [-0.1, -0.05) is 6.07 Å². The summed E-state index contributed by atoms with van der Waals surface area (Å²) in [7, 11) is 0. The minimum absolute atomic E-state index is 0.0357. The van der Waals surface area contributed by atoms with Gasteiger partial charge in [0.1, 0.15) is 17.9 Å². The Morgan fingerprint density at radius 1 is 1.14 bits per heavy atom. The van der Waals surface area contributed by atoms with Gasteiger partial charge in [0.05, 0.1) is 0 Å². The third-order valence-electron chi connectivity index (χ3n) is 4.66. The molecule has 2 aromatic carbocycles. The number of rotatable bonds is 5. The van der Waals surface area contributed by atoms with Crippen molar-refractivity contribution in [2.75, 3.05) is 6.79 Å². The van der Waals surface area contributed by atoms with Crippen molar-refractivity contribution in [3.8, 4) is 17.2 Å². The Balaban J connectivity index is 1.42. The normalized spacial score (nSPS) is 12.3. The van der Waals surface area contributed by atoms with Crippen molar-refractivity contribution in [3.63, 3.8) is 0 Å². The predicted molar refractivity (Wildman–Crippen MR) is 99.6 cm³/mol. The number of phenolic OH excluding ortho intramolecular Hbond substituents is 1. The molecule has 7 heteroatoms. The molecular weight excluding hydrogens is 364 g/mol. The third-order valence-corrected chi connectivity index (χ3v) is 4.66. The average molecular weight is 382 g/mol. The fourth-order valence-electron chi connectivity index (χ4n) is 3.11. The molecule has 144 valence electrons. The molecule has 4 rings (SSSR count). The van der Waals surface area contributed by atoms with Crippen LogP contribution in [0.2, 0.25) is 0 Å². The second kappa shape index (κ2) is 7.26. The van der Waals surface area contributed by atoms with Crippen LogP contribution in [-0.4, -0.2) is 17.9 Å². The van der Waals surface area contributed by atoms with Crippen molar-refractivity contribution in [2.45, 2.75) is 26.4 Å². The Morgan fingerprint density at radius 2 is 1.96 bits per heavy atom. The third kappa shape index (κ3) is 3.51. The van der Waals surface area contributed by atoms with Crippen molar-refractivity contribution < 1.29 is 28.5 Å². The lowest BCUT2D eigenvalue weighted by atomic mass is 10.1. The van der Waals surface area contributed by atoms with Crippen LogP contribution in [0, 0.1) is 6.92 Å². The summed E-state index contributed by atoms with van der Waals surface area (Å²) in [6.45, 7) is 1.81. The van der Waals surface area contributed by atoms with E-state index in [0.29, 0.717) is 40.0 Å². The highest BCUT2D eigenvalue weighted by atomic mass is 16.7. The molecule has 0 aliphatic carbocycles. The fraction of sp³-hybridized carbons (Fsp3) is 0.238. The summed E-state index contributed by atoms with van der Waals surface area (Å²) in [5.74, 6) is 1.03. The molecule has 7 nitrogen and oxygen atoms in total. The van der Waals surface area contributed by atoms with Gasteiger partial charge in [-0.25, -0.2) is 4.79 Å². The first-order valence-corrected chi connectivity index (χ1v) is 8.81. The van der Waals surface area contributed by atoms with E-state index in [9.17, 15) is 14.7 Å². The summed E-state index contributed by atoms with van der Waals surface area (Å²) >= 11 is 0. The van der Waals surface area contributed by atoms with Gasteiger partial charge in [0.25, 0.3) is 0 Å². The number of esters is 1. The van der Waals surface area contributed by atoms with E-state index in [1.165, 1.54) is 12.1 Å². The molecule has 0 saturated heterocycles. The van der Waals surface area contributed by atoms with Gasteiger partial charge in [-0.2, -0.15) is 0 Å². The molecule has 3 aromatic rings. The summed E-state index contributed by atoms with van der Waals surface area (Å²) in [4.78, 5) is 24.0. The smallest absolute Gasteiger partial charge is 0.336 e. The summed E-state index contributed by atoms with van der Waals surface area (Å²) < 4.78 is 21.1. The molecule has 28 heavy (non-hydrogen) atoms. The zero-order valence-corrected chi connectivity index (χ0v) is 15.2. The molecule has 2 heterocycles. The van der Waals surface area contributed by atoms with Gasteiger partial charge in [0.2, 0.25) is 6.79 Å². The van der Waals surface area contributed by atoms with Gasteiger partial charge in [0.15, 0.2) is 11.5 Å². The first kappa shape index (κ1) is 17.9. The van der Waals surface area contributed by atoms with Gasteiger partial charge < -0.3 is 23.7 Å². The molecule has 0 bridgehead atoms. The van der Waals surface area contributed by atoms with E-state index in [1.54, 1.807) is 13.0 Å². The maximum absolute atomic E-state index is 12.1. The molecule has 0 spiro atoms. The molecule has 0 radical (unpaired) electrons. The van der Waals surface area contributed by atoms with E-state index in [-0.39, 0.29) is 31.5 Å². The standard InChI is InChI=1S/C21H18O7/c1-12-16(22)5-4-15-14(9-20(24)28-21(12)15)10-25-19(23)7-3-13-2-6-17-18(8-13)27-11-26-17/h2,4-6,8-9,22H,3,7,10-11H2,1H3. The van der Waals surface area contributed by atoms with E-state index < -0.39 is 5.63 Å². The number of benzene rings is 2. The van der Waals surface area contributed by atoms with Crippen LogP contribution in [0.1, 0.15) is 23.1 Å². The van der Waals surface area contributed by atoms with Gasteiger partial charge in [0, 0.05) is 29.0 Å². The van der Waals surface area contributed by atoms with Crippen LogP contribution in [0.25, 0.3) is 11.0 Å². The van der Waals surface area contributed by atoms with E-state index in [1.807, 2.05) is 18.2 Å². The van der Waals surface area contributed by atoms with Crippen molar-refractivity contribution in [1.82, 2.24) is 0 Å². The van der Waals surface area contributed by atoms with Crippen LogP contribution in [0.3, 0.4) is 0 Å². The molecule has 0 saturated carbocycles. The monoisotopic (exact) mass is 382 g/mol. The number of hydrogen-bond donors (Lipinski definition) is 1. The molecular formula is C21H18O7. The van der Waals surface area contributed by atoms with Crippen molar-refractivity contribution in [3.05, 3.63) is 63.5 Å². The quantitative estimate of drug-likeness (QED) is 0.535. The van der Waals surface area contributed by atoms with Crippen molar-refractivity contribution in [2.24, 2.45) is 0 Å². The van der Waals surface area contributed by atoms with Crippen molar-refractivity contribution >= 4 is 16.9 Å². The SMILES string of the molecule is Cc1c(O)ccc2c(COC(=O)CCc3ccc4c(c3)OCO4)cc(=O)oc12. The second-order valence-corrected chi connectivity index (χ2v) is 6.53. The topological polar surface area (TPSA) is 95.2 Å². The van der Waals surface area contributed by atoms with Crippen LogP contribution in [0.15, 0.2) is 45.6 Å². The highest BCUT2D eigenvalue weighted by Gasteiger charge is 2.15. The van der Waals surface area contributed by atoms with Crippen LogP contribution in [-0.2, 0) is 22.6 Å². The van der Waals surface area contributed by atoms with Gasteiger partial charge in [-0.3, -0.25) is 4.79 Å². The molecule has 0 amide bonds. The Bertz CT molecular complexity index is 1110. The minimum atomic E-state index is -0.562. The first-order chi connectivity index (χ1) is 13.5. The van der Waals surface area contributed by atoms with Crippen LogP contribution in [0.4, 0.5) is 0 Å². The molecule has 1 aliphatic rings. The average Bonchev–Trinajstić information content (AvgIpc) is 3.15. The predicted octanol–water partition coefficient (Wildman–Crippen LogP) is 3.21. The van der Waals surface area contributed by atoms with E-state index in [4.69, 9.17) is 18.6 Å². The summed E-state index contributed by atoms with van der Waals surface area (Å²) in [5.41, 5.74) is 1.67. The summed E-state index contributed by atoms with van der Waals surface area (Å²) in [6, 6.07) is 9.99. The zero-order valence-electron chi connectivity index (χ0n) is 15.2. The lowest BCUT2D eigenvalue weighted by Crippen LogP contribution is -2.08. The van der Waals surface area contributed by atoms with Crippen LogP contribution < -0.4 is 15.1 Å². The Hall–Kier alpha value is -3.48. The number of ether oxygens (including phenoxy) is 3. The second-order valence-electron chi connectivity index (χ2n) is 6.53. The molecule has 0 fully saturated rings. The number of aryl methyl sites for hydroxylation is 2. The first-order valence-electron chi connectivity index (χ1n) is 8.81. The van der Waals surface area contributed by atoms with E-state index in [0.717, 1.165) is 5.56 Å². The largest absolute Gasteiger partial charge is 0.508 e. The zero-order chi connectivity index (χ0) is 19.7. The molecule has 1 aliphatic heterocycles. The highest BCUT2D eigenvalue weighted by Crippen LogP contribution is 2.33. The maximum atomic E-state index is 12.1. The van der Waals surface area contributed by atoms with E-state index >= 15 is 0 Å². The number of carbonyl (C=O) groups excluding carboxylic acids is 1. The Morgan fingerprint density at radius 3 is 2.82 bits per heavy atom. The number of carbonyl (C=O) groups is 1. The van der Waals surface area contributed by atoms with E-state index in [2.05, 4.69) is 0 Å². The Labute approximate surface area is 160 Å². The fourth-order valence-corrected chi connectivity index (χ4v) is 3.11. The van der Waals surface area contributed by atoms with Gasteiger partial charge in [-0.05, 0) is 43.2 Å². The lowest BCUT2D eigenvalue weighted by Gasteiger charge is -2.09. The lowest BCUT2D eigenvalue weighted by molar-refractivity contribution is -0.144. The van der Waals surface area contributed by atoms with Gasteiger partial charge in [-0.15, -0.1) is 0 Å². The van der Waals surface area contributed by atoms with Crippen LogP contribution >= 0.6 is 0 Å². The maximum Gasteiger partial charge on any atom is 0.336 e. The number of phenols is 1. The summed E-state index contributed by atoms with van der Waals surface area (Å²) in [6.07, 6.45) is 0.693.